The van der Waals surface area contributed by atoms with Gasteiger partial charge in [0.15, 0.2) is 0 Å². The fourth-order valence-electron chi connectivity index (χ4n) is 3.38. The molecule has 25 heavy (non-hydrogen) atoms. The van der Waals surface area contributed by atoms with E-state index in [0.717, 1.165) is 43.3 Å². The number of benzene rings is 1. The first-order chi connectivity index (χ1) is 11.8. The van der Waals surface area contributed by atoms with Crippen LogP contribution < -0.4 is 10.3 Å². The maximum atomic E-state index is 11.8. The average Bonchev–Trinajstić information content (AvgIpc) is 2.55. The minimum absolute atomic E-state index is 0.00414. The van der Waals surface area contributed by atoms with Crippen molar-refractivity contribution in [3.63, 3.8) is 0 Å². The topological polar surface area (TPSA) is 79.6 Å². The fraction of sp³-hybridized carbons (Fsp3) is 0.500. The lowest BCUT2D eigenvalue weighted by molar-refractivity contribution is 0.200. The predicted octanol–water partition coefficient (Wildman–Crippen LogP) is 1.87. The van der Waals surface area contributed by atoms with Crippen molar-refractivity contribution in [3.8, 4) is 0 Å². The zero-order valence-corrected chi connectivity index (χ0v) is 15.4. The summed E-state index contributed by atoms with van der Waals surface area (Å²) >= 11 is 0. The summed E-state index contributed by atoms with van der Waals surface area (Å²) in [6.07, 6.45) is 3.66. The van der Waals surface area contributed by atoms with Crippen molar-refractivity contribution in [3.05, 3.63) is 45.8 Å². The molecular formula is C18H24N2O4S. The van der Waals surface area contributed by atoms with Crippen molar-refractivity contribution in [2.24, 2.45) is 0 Å². The zero-order chi connectivity index (χ0) is 18.0. The smallest absolute Gasteiger partial charge is 0.336 e. The maximum absolute atomic E-state index is 11.8. The Bertz CT molecular complexity index is 912. The Hall–Kier alpha value is -1.70. The molecule has 1 aliphatic heterocycles. The van der Waals surface area contributed by atoms with E-state index in [9.17, 15) is 13.2 Å². The molecule has 1 aromatic heterocycles. The van der Waals surface area contributed by atoms with Crippen molar-refractivity contribution in [2.75, 3.05) is 19.3 Å². The van der Waals surface area contributed by atoms with Crippen molar-refractivity contribution in [2.45, 2.75) is 38.8 Å². The normalized spacial score (nSPS) is 17.2. The number of hydrogen-bond donors (Lipinski definition) is 1. The van der Waals surface area contributed by atoms with Crippen LogP contribution in [0.5, 0.6) is 0 Å². The monoisotopic (exact) mass is 364 g/mol. The molecule has 7 heteroatoms. The first-order valence-corrected chi connectivity index (χ1v) is 10.5. The van der Waals surface area contributed by atoms with Crippen LogP contribution in [0.2, 0.25) is 0 Å². The fourth-order valence-corrected chi connectivity index (χ4v) is 4.22. The molecule has 3 rings (SSSR count). The second-order valence-corrected chi connectivity index (χ2v) is 8.50. The summed E-state index contributed by atoms with van der Waals surface area (Å²) in [5.74, 6) is 0. The largest absolute Gasteiger partial charge is 0.423 e. The highest BCUT2D eigenvalue weighted by Gasteiger charge is 2.22. The highest BCUT2D eigenvalue weighted by Crippen LogP contribution is 2.22. The molecule has 6 nitrogen and oxygen atoms in total. The highest BCUT2D eigenvalue weighted by molar-refractivity contribution is 7.88. The maximum Gasteiger partial charge on any atom is 0.336 e. The molecule has 1 aliphatic rings. The number of nitrogens with one attached hydrogen (secondary N) is 1. The van der Waals surface area contributed by atoms with Crippen LogP contribution in [0.1, 0.15) is 30.9 Å². The number of piperidine rings is 1. The van der Waals surface area contributed by atoms with Crippen molar-refractivity contribution < 1.29 is 12.8 Å². The molecule has 136 valence electrons. The highest BCUT2D eigenvalue weighted by atomic mass is 32.2. The van der Waals surface area contributed by atoms with Crippen LogP contribution in [0.4, 0.5) is 0 Å². The summed E-state index contributed by atoms with van der Waals surface area (Å²) in [6.45, 7) is 4.35. The molecule has 2 heterocycles. The number of nitrogens with zero attached hydrogens (tertiary/aromatic N) is 1. The number of rotatable bonds is 5. The Labute approximate surface area is 147 Å². The Morgan fingerprint density at radius 1 is 1.24 bits per heavy atom. The van der Waals surface area contributed by atoms with E-state index in [-0.39, 0.29) is 11.7 Å². The van der Waals surface area contributed by atoms with Crippen LogP contribution in [0, 0.1) is 0 Å². The molecule has 1 saturated heterocycles. The van der Waals surface area contributed by atoms with E-state index in [2.05, 4.69) is 22.6 Å². The van der Waals surface area contributed by atoms with Crippen LogP contribution in [0.25, 0.3) is 11.0 Å². The van der Waals surface area contributed by atoms with Crippen LogP contribution >= 0.6 is 0 Å². The lowest BCUT2D eigenvalue weighted by Crippen LogP contribution is -2.44. The quantitative estimate of drug-likeness (QED) is 0.820. The molecule has 0 amide bonds. The molecule has 0 bridgehead atoms. The molecule has 0 saturated carbocycles. The van der Waals surface area contributed by atoms with Crippen LogP contribution in [0.3, 0.4) is 0 Å². The van der Waals surface area contributed by atoms with Gasteiger partial charge >= 0.3 is 5.63 Å². The summed E-state index contributed by atoms with van der Waals surface area (Å²) in [4.78, 5) is 14.1. The Morgan fingerprint density at radius 3 is 2.60 bits per heavy atom. The summed E-state index contributed by atoms with van der Waals surface area (Å²) in [7, 11) is -3.16. The van der Waals surface area contributed by atoms with Gasteiger partial charge in [-0.15, -0.1) is 0 Å². The van der Waals surface area contributed by atoms with Gasteiger partial charge in [-0.1, -0.05) is 13.0 Å². The molecule has 1 N–H and O–H groups in total. The number of sulfonamides is 1. The van der Waals surface area contributed by atoms with Crippen molar-refractivity contribution in [1.29, 1.82) is 0 Å². The van der Waals surface area contributed by atoms with Gasteiger partial charge in [0, 0.05) is 37.1 Å². The third-order valence-electron chi connectivity index (χ3n) is 4.66. The standard InChI is InChI=1S/C18H24N2O4S/c1-3-13-4-5-17-16(10-13)14(11-18(21)24-17)12-20-8-6-15(7-9-20)19-25(2,22)23/h4-5,10-11,15,19H,3,6-9,12H2,1-2H3. The summed E-state index contributed by atoms with van der Waals surface area (Å²) in [5.41, 5.74) is 2.46. The lowest BCUT2D eigenvalue weighted by Gasteiger charge is -2.32. The van der Waals surface area contributed by atoms with Gasteiger partial charge in [0.2, 0.25) is 10.0 Å². The third-order valence-corrected chi connectivity index (χ3v) is 5.42. The first kappa shape index (κ1) is 18.1. The molecule has 2 aromatic rings. The van der Waals surface area contributed by atoms with E-state index < -0.39 is 10.0 Å². The summed E-state index contributed by atoms with van der Waals surface area (Å²) < 4.78 is 30.7. The SMILES string of the molecule is CCc1ccc2oc(=O)cc(CN3CCC(NS(C)(=O)=O)CC3)c2c1. The van der Waals surface area contributed by atoms with Gasteiger partial charge in [-0.2, -0.15) is 0 Å². The van der Waals surface area contributed by atoms with Crippen LogP contribution in [-0.4, -0.2) is 38.7 Å². The Balaban J connectivity index is 1.76. The van der Waals surface area contributed by atoms with Crippen LogP contribution in [-0.2, 0) is 23.0 Å². The van der Waals surface area contributed by atoms with Gasteiger partial charge in [-0.25, -0.2) is 17.9 Å². The zero-order valence-electron chi connectivity index (χ0n) is 14.6. The molecule has 0 aliphatic carbocycles. The minimum atomic E-state index is -3.16. The number of hydrogen-bond acceptors (Lipinski definition) is 5. The van der Waals surface area contributed by atoms with E-state index in [1.54, 1.807) is 6.07 Å². The van der Waals surface area contributed by atoms with E-state index in [1.165, 1.54) is 11.8 Å². The Kier molecular flexibility index (Phi) is 5.27. The van der Waals surface area contributed by atoms with Gasteiger partial charge in [0.1, 0.15) is 5.58 Å². The van der Waals surface area contributed by atoms with Gasteiger partial charge in [-0.05, 0) is 42.5 Å². The van der Waals surface area contributed by atoms with E-state index >= 15 is 0 Å². The van der Waals surface area contributed by atoms with Gasteiger partial charge in [0.05, 0.1) is 6.26 Å². The minimum Gasteiger partial charge on any atom is -0.423 e. The third kappa shape index (κ3) is 4.68. The van der Waals surface area contributed by atoms with Crippen molar-refractivity contribution >= 4 is 21.0 Å². The van der Waals surface area contributed by atoms with Gasteiger partial charge in [-0.3, -0.25) is 4.90 Å². The number of likely N-dealkylation sites (tertiary alicyclic amines) is 1. The van der Waals surface area contributed by atoms with Gasteiger partial charge < -0.3 is 4.42 Å². The van der Waals surface area contributed by atoms with Crippen LogP contribution in [0.15, 0.2) is 33.5 Å². The first-order valence-electron chi connectivity index (χ1n) is 8.59. The lowest BCUT2D eigenvalue weighted by atomic mass is 10.0. The Morgan fingerprint density at radius 2 is 1.96 bits per heavy atom. The molecular weight excluding hydrogens is 340 g/mol. The summed E-state index contributed by atoms with van der Waals surface area (Å²) in [5, 5.41) is 0.982. The number of aryl methyl sites for hydroxylation is 1. The molecule has 1 fully saturated rings. The average molecular weight is 364 g/mol. The molecule has 0 radical (unpaired) electrons. The van der Waals surface area contributed by atoms with E-state index in [1.807, 2.05) is 12.1 Å². The summed E-state index contributed by atoms with van der Waals surface area (Å²) in [6, 6.07) is 7.50. The molecule has 0 atom stereocenters. The molecule has 1 aromatic carbocycles. The molecule has 0 spiro atoms. The van der Waals surface area contributed by atoms with E-state index in [0.29, 0.717) is 12.1 Å². The van der Waals surface area contributed by atoms with E-state index in [4.69, 9.17) is 4.42 Å². The second kappa shape index (κ2) is 7.27. The second-order valence-electron chi connectivity index (χ2n) is 6.72. The predicted molar refractivity (Wildman–Crippen MR) is 98.1 cm³/mol. The van der Waals surface area contributed by atoms with Gasteiger partial charge in [0.25, 0.3) is 0 Å². The number of fused-ring (bicyclic) bond motifs is 1. The molecule has 0 unspecified atom stereocenters. The van der Waals surface area contributed by atoms with Crippen molar-refractivity contribution in [1.82, 2.24) is 9.62 Å².